The lowest BCUT2D eigenvalue weighted by atomic mass is 10.0. The first-order valence-electron chi connectivity index (χ1n) is 7.89. The second kappa shape index (κ2) is 7.82. The number of hydrogen-bond acceptors (Lipinski definition) is 3. The highest BCUT2D eigenvalue weighted by Gasteiger charge is 2.06. The Balaban J connectivity index is 2.25. The van der Waals surface area contributed by atoms with Crippen LogP contribution >= 0.6 is 0 Å². The van der Waals surface area contributed by atoms with E-state index in [4.69, 9.17) is 9.15 Å². The summed E-state index contributed by atoms with van der Waals surface area (Å²) in [6.07, 6.45) is 7.41. The molecule has 0 aliphatic rings. The molecule has 0 N–H and O–H groups in total. The number of ether oxygens (including phenoxy) is 1. The summed E-state index contributed by atoms with van der Waals surface area (Å²) in [5, 5.41) is 0.957. The summed E-state index contributed by atoms with van der Waals surface area (Å²) in [5.41, 5.74) is 4.04. The fourth-order valence-electron chi connectivity index (χ4n) is 2.49. The van der Waals surface area contributed by atoms with Crippen LogP contribution in [0.3, 0.4) is 0 Å². The van der Waals surface area contributed by atoms with Crippen LogP contribution in [0, 0.1) is 0 Å². The molecule has 1 aromatic heterocycles. The summed E-state index contributed by atoms with van der Waals surface area (Å²) in [4.78, 5) is 11.4. The maximum absolute atomic E-state index is 11.4. The van der Waals surface area contributed by atoms with E-state index in [-0.39, 0.29) is 5.63 Å². The summed E-state index contributed by atoms with van der Waals surface area (Å²) in [7, 11) is 1.62. The van der Waals surface area contributed by atoms with Crippen molar-refractivity contribution < 1.29 is 9.15 Å². The van der Waals surface area contributed by atoms with Crippen molar-refractivity contribution >= 4 is 11.0 Å². The van der Waals surface area contributed by atoms with Gasteiger partial charge in [0.15, 0.2) is 0 Å². The van der Waals surface area contributed by atoms with Gasteiger partial charge in [0.2, 0.25) is 0 Å². The molecule has 0 bridgehead atoms. The molecule has 0 spiro atoms. The molecular weight excluding hydrogens is 288 g/mol. The van der Waals surface area contributed by atoms with Gasteiger partial charge in [-0.05, 0) is 57.7 Å². The lowest BCUT2D eigenvalue weighted by Gasteiger charge is -2.08. The first kappa shape index (κ1) is 17.1. The second-order valence-electron chi connectivity index (χ2n) is 6.03. The van der Waals surface area contributed by atoms with Gasteiger partial charge in [0.05, 0.1) is 7.11 Å². The predicted molar refractivity (Wildman–Crippen MR) is 95.2 cm³/mol. The van der Waals surface area contributed by atoms with Crippen molar-refractivity contribution in [1.82, 2.24) is 0 Å². The Hall–Kier alpha value is -2.29. The van der Waals surface area contributed by atoms with E-state index in [0.29, 0.717) is 11.3 Å². The molecule has 122 valence electrons. The van der Waals surface area contributed by atoms with E-state index in [2.05, 4.69) is 32.9 Å². The van der Waals surface area contributed by atoms with Crippen molar-refractivity contribution in [2.75, 3.05) is 7.11 Å². The van der Waals surface area contributed by atoms with Crippen LogP contribution in [0.1, 0.15) is 39.2 Å². The van der Waals surface area contributed by atoms with Gasteiger partial charge < -0.3 is 9.15 Å². The van der Waals surface area contributed by atoms with Gasteiger partial charge in [0.1, 0.15) is 11.3 Å². The van der Waals surface area contributed by atoms with E-state index in [1.54, 1.807) is 13.2 Å². The molecule has 3 nitrogen and oxygen atoms in total. The minimum atomic E-state index is -0.342. The molecule has 0 saturated carbocycles. The molecule has 0 aliphatic carbocycles. The summed E-state index contributed by atoms with van der Waals surface area (Å²) >= 11 is 0. The average Bonchev–Trinajstić information content (AvgIpc) is 2.51. The van der Waals surface area contributed by atoms with Gasteiger partial charge in [-0.3, -0.25) is 0 Å². The molecule has 0 aliphatic heterocycles. The average molecular weight is 312 g/mol. The van der Waals surface area contributed by atoms with Crippen LogP contribution in [-0.4, -0.2) is 7.11 Å². The Kier molecular flexibility index (Phi) is 5.80. The SMILES string of the molecule is COc1cc(C/C=C(\C)CCC=C(C)C)c2ccc(=O)oc2c1. The summed E-state index contributed by atoms with van der Waals surface area (Å²) in [6, 6.07) is 7.04. The molecule has 0 unspecified atom stereocenters. The highest BCUT2D eigenvalue weighted by molar-refractivity contribution is 5.82. The third-order valence-corrected chi connectivity index (χ3v) is 3.80. The van der Waals surface area contributed by atoms with Crippen molar-refractivity contribution in [3.05, 3.63) is 63.5 Å². The van der Waals surface area contributed by atoms with Crippen molar-refractivity contribution in [3.63, 3.8) is 0 Å². The lowest BCUT2D eigenvalue weighted by Crippen LogP contribution is -1.97. The second-order valence-corrected chi connectivity index (χ2v) is 6.03. The van der Waals surface area contributed by atoms with Crippen molar-refractivity contribution in [1.29, 1.82) is 0 Å². The summed E-state index contributed by atoms with van der Waals surface area (Å²) in [6.45, 7) is 6.39. The first-order valence-corrected chi connectivity index (χ1v) is 7.89. The van der Waals surface area contributed by atoms with Crippen molar-refractivity contribution in [3.8, 4) is 5.75 Å². The van der Waals surface area contributed by atoms with Gasteiger partial charge in [-0.2, -0.15) is 0 Å². The molecular formula is C20H24O3. The van der Waals surface area contributed by atoms with Crippen LogP contribution in [-0.2, 0) is 6.42 Å². The van der Waals surface area contributed by atoms with Crippen molar-refractivity contribution in [2.45, 2.75) is 40.0 Å². The topological polar surface area (TPSA) is 39.4 Å². The molecule has 1 heterocycles. The van der Waals surface area contributed by atoms with Gasteiger partial charge in [-0.1, -0.05) is 23.3 Å². The van der Waals surface area contributed by atoms with E-state index in [9.17, 15) is 4.79 Å². The highest BCUT2D eigenvalue weighted by atomic mass is 16.5. The molecule has 0 fully saturated rings. The van der Waals surface area contributed by atoms with Crippen LogP contribution in [0.15, 0.2) is 56.8 Å². The zero-order chi connectivity index (χ0) is 16.8. The maximum atomic E-state index is 11.4. The summed E-state index contributed by atoms with van der Waals surface area (Å²) in [5.74, 6) is 0.706. The zero-order valence-electron chi connectivity index (χ0n) is 14.3. The lowest BCUT2D eigenvalue weighted by molar-refractivity contribution is 0.413. The van der Waals surface area contributed by atoms with Gasteiger partial charge in [-0.15, -0.1) is 0 Å². The standard InChI is InChI=1S/C20H24O3/c1-14(2)6-5-7-15(3)8-9-16-12-17(22-4)13-19-18(16)10-11-20(21)23-19/h6,8,10-13H,5,7,9H2,1-4H3/b15-8+. The molecule has 3 heteroatoms. The Bertz CT molecular complexity index is 790. The highest BCUT2D eigenvalue weighted by Crippen LogP contribution is 2.25. The maximum Gasteiger partial charge on any atom is 0.336 e. The third kappa shape index (κ3) is 4.85. The van der Waals surface area contributed by atoms with Crippen LogP contribution in [0.25, 0.3) is 11.0 Å². The molecule has 2 aromatic rings. The largest absolute Gasteiger partial charge is 0.497 e. The van der Waals surface area contributed by atoms with Crippen LogP contribution in [0.4, 0.5) is 0 Å². The fraction of sp³-hybridized carbons (Fsp3) is 0.350. The molecule has 23 heavy (non-hydrogen) atoms. The monoisotopic (exact) mass is 312 g/mol. The first-order chi connectivity index (χ1) is 11.0. The number of methoxy groups -OCH3 is 1. The van der Waals surface area contributed by atoms with E-state index in [1.807, 2.05) is 12.1 Å². The quantitative estimate of drug-likeness (QED) is 0.554. The van der Waals surface area contributed by atoms with E-state index >= 15 is 0 Å². The molecule has 0 radical (unpaired) electrons. The molecule has 1 aromatic carbocycles. The number of rotatable bonds is 6. The van der Waals surface area contributed by atoms with Gasteiger partial charge in [-0.25, -0.2) is 4.79 Å². The number of benzene rings is 1. The fourth-order valence-corrected chi connectivity index (χ4v) is 2.49. The molecule has 0 amide bonds. The normalized spacial score (nSPS) is 11.6. The smallest absolute Gasteiger partial charge is 0.336 e. The third-order valence-electron chi connectivity index (χ3n) is 3.80. The molecule has 2 rings (SSSR count). The Morgan fingerprint density at radius 2 is 1.96 bits per heavy atom. The summed E-state index contributed by atoms with van der Waals surface area (Å²) < 4.78 is 10.6. The van der Waals surface area contributed by atoms with Gasteiger partial charge in [0.25, 0.3) is 0 Å². The minimum Gasteiger partial charge on any atom is -0.497 e. The number of allylic oxidation sites excluding steroid dienone is 4. The van der Waals surface area contributed by atoms with Crippen LogP contribution in [0.5, 0.6) is 5.75 Å². The predicted octanol–water partition coefficient (Wildman–Crippen LogP) is 5.04. The Labute approximate surface area is 137 Å². The van der Waals surface area contributed by atoms with Crippen LogP contribution in [0.2, 0.25) is 0 Å². The number of hydrogen-bond donors (Lipinski definition) is 0. The Morgan fingerprint density at radius 3 is 2.65 bits per heavy atom. The Morgan fingerprint density at radius 1 is 1.17 bits per heavy atom. The van der Waals surface area contributed by atoms with Crippen LogP contribution < -0.4 is 10.4 Å². The van der Waals surface area contributed by atoms with Gasteiger partial charge >= 0.3 is 5.63 Å². The van der Waals surface area contributed by atoms with Gasteiger partial charge in [0, 0.05) is 17.5 Å². The zero-order valence-corrected chi connectivity index (χ0v) is 14.3. The molecule has 0 saturated heterocycles. The van der Waals surface area contributed by atoms with E-state index < -0.39 is 0 Å². The number of fused-ring (bicyclic) bond motifs is 1. The van der Waals surface area contributed by atoms with Crippen molar-refractivity contribution in [2.24, 2.45) is 0 Å². The molecule has 0 atom stereocenters. The van der Waals surface area contributed by atoms with E-state index in [0.717, 1.165) is 30.2 Å². The minimum absolute atomic E-state index is 0.342. The van der Waals surface area contributed by atoms with E-state index in [1.165, 1.54) is 17.2 Å².